The van der Waals surface area contributed by atoms with Crippen LogP contribution in [0, 0.1) is 6.92 Å². The first-order chi connectivity index (χ1) is 15.8. The third-order valence-corrected chi connectivity index (χ3v) is 6.56. The second-order valence-corrected chi connectivity index (χ2v) is 9.03. The largest absolute Gasteiger partial charge is 0.494 e. The average molecular weight is 470 g/mol. The molecule has 8 heteroatoms. The van der Waals surface area contributed by atoms with Gasteiger partial charge in [-0.25, -0.2) is 4.98 Å². The Kier molecular flexibility index (Phi) is 8.41. The van der Waals surface area contributed by atoms with Gasteiger partial charge in [0.15, 0.2) is 0 Å². The molecule has 0 unspecified atom stereocenters. The fourth-order valence-electron chi connectivity index (χ4n) is 3.76. The van der Waals surface area contributed by atoms with Gasteiger partial charge in [-0.15, -0.1) is 11.3 Å². The Morgan fingerprint density at radius 3 is 2.82 bits per heavy atom. The van der Waals surface area contributed by atoms with E-state index in [1.807, 2.05) is 45.4 Å². The van der Waals surface area contributed by atoms with Gasteiger partial charge in [-0.3, -0.25) is 9.59 Å². The minimum atomic E-state index is -0.732. The Bertz CT molecular complexity index is 1060. The maximum Gasteiger partial charge on any atom is 0.254 e. The topological polar surface area (TPSA) is 91.8 Å². The van der Waals surface area contributed by atoms with Crippen LogP contribution >= 0.6 is 11.3 Å². The van der Waals surface area contributed by atoms with Crippen molar-refractivity contribution in [1.82, 2.24) is 15.2 Å². The highest BCUT2D eigenvalue weighted by Gasteiger charge is 2.39. The number of ether oxygens (including phenoxy) is 1. The summed E-state index contributed by atoms with van der Waals surface area (Å²) in [6.45, 7) is 8.81. The summed E-state index contributed by atoms with van der Waals surface area (Å²) in [5.74, 6) is 0.0355. The predicted octanol–water partition coefficient (Wildman–Crippen LogP) is 3.59. The average Bonchev–Trinajstić information content (AvgIpc) is 3.41. The standard InChI is InChI=1S/C25H31N3O4S/c1-5-32-21-8-6-7-19(11-21)25(31)28-14-20(29)12-22(28)24(30)26-13-16(2)9-10-17(3)23-18(4)27-15-33-23/h6-11,15,20,22,29H,5,12-14H2,1-4H3,(H,26,30)/b16-9+,17-10+/t20-,22+/m1/s1. The van der Waals surface area contributed by atoms with Crippen LogP contribution in [0.25, 0.3) is 5.57 Å². The second kappa shape index (κ2) is 11.2. The molecular weight excluding hydrogens is 438 g/mol. The van der Waals surface area contributed by atoms with Crippen LogP contribution in [0.4, 0.5) is 0 Å². The zero-order chi connectivity index (χ0) is 24.0. The lowest BCUT2D eigenvalue weighted by Gasteiger charge is -2.24. The highest BCUT2D eigenvalue weighted by atomic mass is 32.1. The molecule has 1 aromatic carbocycles. The highest BCUT2D eigenvalue weighted by molar-refractivity contribution is 7.10. The molecule has 0 aliphatic carbocycles. The van der Waals surface area contributed by atoms with Crippen molar-refractivity contribution < 1.29 is 19.4 Å². The molecule has 2 N–H and O–H groups in total. The van der Waals surface area contributed by atoms with Crippen molar-refractivity contribution in [3.05, 3.63) is 63.6 Å². The molecule has 1 aliphatic heterocycles. The van der Waals surface area contributed by atoms with E-state index in [-0.39, 0.29) is 24.8 Å². The summed E-state index contributed by atoms with van der Waals surface area (Å²) in [4.78, 5) is 32.8. The van der Waals surface area contributed by atoms with Crippen LogP contribution < -0.4 is 10.1 Å². The summed E-state index contributed by atoms with van der Waals surface area (Å²) < 4.78 is 5.48. The molecule has 33 heavy (non-hydrogen) atoms. The molecular formula is C25H31N3O4S. The lowest BCUT2D eigenvalue weighted by atomic mass is 10.1. The first kappa shape index (κ1) is 24.7. The number of benzene rings is 1. The number of β-amino-alcohol motifs (C(OH)–C–C–N with tert-alkyl or cyclic N) is 1. The molecule has 1 aromatic heterocycles. The van der Waals surface area contributed by atoms with Gasteiger partial charge in [-0.1, -0.05) is 23.8 Å². The van der Waals surface area contributed by atoms with E-state index in [9.17, 15) is 14.7 Å². The number of amides is 2. The van der Waals surface area contributed by atoms with Gasteiger partial charge in [-0.05, 0) is 51.5 Å². The highest BCUT2D eigenvalue weighted by Crippen LogP contribution is 2.24. The summed E-state index contributed by atoms with van der Waals surface area (Å²) in [7, 11) is 0. The maximum absolute atomic E-state index is 13.1. The molecule has 2 aromatic rings. The molecule has 0 radical (unpaired) electrons. The summed E-state index contributed by atoms with van der Waals surface area (Å²) in [5, 5.41) is 13.1. The second-order valence-electron chi connectivity index (χ2n) is 8.17. The maximum atomic E-state index is 13.1. The number of allylic oxidation sites excluding steroid dienone is 3. The van der Waals surface area contributed by atoms with Crippen molar-refractivity contribution in [2.24, 2.45) is 0 Å². The van der Waals surface area contributed by atoms with Crippen molar-refractivity contribution >= 4 is 28.7 Å². The number of aliphatic hydroxyl groups excluding tert-OH is 1. The van der Waals surface area contributed by atoms with Gasteiger partial charge in [-0.2, -0.15) is 0 Å². The molecule has 2 amide bonds. The van der Waals surface area contributed by atoms with E-state index in [0.717, 1.165) is 21.7 Å². The molecule has 2 atom stereocenters. The number of aromatic nitrogens is 1. The Hall–Kier alpha value is -2.97. The van der Waals surface area contributed by atoms with Gasteiger partial charge in [0.05, 0.1) is 28.8 Å². The quantitative estimate of drug-likeness (QED) is 0.577. The molecule has 0 spiro atoms. The fraction of sp³-hybridized carbons (Fsp3) is 0.400. The van der Waals surface area contributed by atoms with Gasteiger partial charge < -0.3 is 20.1 Å². The number of likely N-dealkylation sites (tertiary alicyclic amines) is 1. The van der Waals surface area contributed by atoms with E-state index in [1.54, 1.807) is 35.6 Å². The van der Waals surface area contributed by atoms with Crippen molar-refractivity contribution in [2.45, 2.75) is 46.3 Å². The van der Waals surface area contributed by atoms with Crippen LogP contribution in [0.5, 0.6) is 5.75 Å². The first-order valence-electron chi connectivity index (χ1n) is 11.0. The minimum Gasteiger partial charge on any atom is -0.494 e. The van der Waals surface area contributed by atoms with E-state index in [0.29, 0.717) is 24.5 Å². The van der Waals surface area contributed by atoms with Gasteiger partial charge in [0.2, 0.25) is 5.91 Å². The van der Waals surface area contributed by atoms with Crippen LogP contribution in [0.3, 0.4) is 0 Å². The minimum absolute atomic E-state index is 0.126. The molecule has 0 saturated carbocycles. The summed E-state index contributed by atoms with van der Waals surface area (Å²) >= 11 is 1.60. The Morgan fingerprint density at radius 1 is 1.33 bits per heavy atom. The van der Waals surface area contributed by atoms with Gasteiger partial charge in [0, 0.05) is 25.1 Å². The van der Waals surface area contributed by atoms with Crippen molar-refractivity contribution in [3.8, 4) is 5.75 Å². The van der Waals surface area contributed by atoms with E-state index >= 15 is 0 Å². The fourth-order valence-corrected chi connectivity index (χ4v) is 4.56. The van der Waals surface area contributed by atoms with Crippen molar-refractivity contribution in [1.29, 1.82) is 0 Å². The van der Waals surface area contributed by atoms with E-state index < -0.39 is 12.1 Å². The van der Waals surface area contributed by atoms with E-state index in [2.05, 4.69) is 10.3 Å². The van der Waals surface area contributed by atoms with Crippen LogP contribution in [-0.2, 0) is 4.79 Å². The Morgan fingerprint density at radius 2 is 2.12 bits per heavy atom. The van der Waals surface area contributed by atoms with Crippen molar-refractivity contribution in [2.75, 3.05) is 19.7 Å². The van der Waals surface area contributed by atoms with E-state index in [4.69, 9.17) is 4.74 Å². The number of nitrogens with zero attached hydrogens (tertiary/aromatic N) is 2. The molecule has 1 aliphatic rings. The van der Waals surface area contributed by atoms with Gasteiger partial charge in [0.1, 0.15) is 11.8 Å². The normalized spacial score (nSPS) is 19.0. The molecule has 3 rings (SSSR count). The molecule has 1 saturated heterocycles. The predicted molar refractivity (Wildman–Crippen MR) is 130 cm³/mol. The number of aryl methyl sites for hydroxylation is 1. The number of thiazole rings is 1. The number of nitrogens with one attached hydrogen (secondary N) is 1. The summed E-state index contributed by atoms with van der Waals surface area (Å²) in [5.41, 5.74) is 5.36. The lowest BCUT2D eigenvalue weighted by molar-refractivity contribution is -0.124. The number of hydrogen-bond donors (Lipinski definition) is 2. The third-order valence-electron chi connectivity index (χ3n) is 5.50. The van der Waals surface area contributed by atoms with Crippen LogP contribution in [0.1, 0.15) is 48.1 Å². The number of carbonyl (C=O) groups is 2. The Labute approximate surface area is 198 Å². The number of aliphatic hydroxyl groups is 1. The number of carbonyl (C=O) groups excluding carboxylic acids is 2. The molecule has 176 valence electrons. The zero-order valence-corrected chi connectivity index (χ0v) is 20.3. The smallest absolute Gasteiger partial charge is 0.254 e. The first-order valence-corrected chi connectivity index (χ1v) is 11.9. The van der Waals surface area contributed by atoms with Crippen LogP contribution in [0.15, 0.2) is 47.5 Å². The zero-order valence-electron chi connectivity index (χ0n) is 19.5. The van der Waals surface area contributed by atoms with E-state index in [1.165, 1.54) is 4.90 Å². The molecule has 1 fully saturated rings. The van der Waals surface area contributed by atoms with Gasteiger partial charge >= 0.3 is 0 Å². The number of rotatable bonds is 8. The molecule has 0 bridgehead atoms. The van der Waals surface area contributed by atoms with Crippen LogP contribution in [-0.4, -0.2) is 58.6 Å². The Balaban J connectivity index is 1.64. The number of hydrogen-bond acceptors (Lipinski definition) is 6. The summed E-state index contributed by atoms with van der Waals surface area (Å²) in [6.07, 6.45) is 3.47. The lowest BCUT2D eigenvalue weighted by Crippen LogP contribution is -2.46. The monoisotopic (exact) mass is 469 g/mol. The molecule has 7 nitrogen and oxygen atoms in total. The summed E-state index contributed by atoms with van der Waals surface area (Å²) in [6, 6.07) is 6.17. The third kappa shape index (κ3) is 6.30. The SMILES string of the molecule is CCOc1cccc(C(=O)N2C[C@H](O)C[C@H]2C(=O)NC/C(C)=C/C=C(\C)c2scnc2C)c1. The van der Waals surface area contributed by atoms with Crippen LogP contribution in [0.2, 0.25) is 0 Å². The molecule has 2 heterocycles. The van der Waals surface area contributed by atoms with Gasteiger partial charge in [0.25, 0.3) is 5.91 Å². The van der Waals surface area contributed by atoms with Crippen molar-refractivity contribution in [3.63, 3.8) is 0 Å².